The average molecular weight is 447 g/mol. The Hall–Kier alpha value is -0.810. The zero-order valence-corrected chi connectivity index (χ0v) is 20.7. The van der Waals surface area contributed by atoms with Gasteiger partial charge >= 0.3 is 0 Å². The van der Waals surface area contributed by atoms with Crippen LogP contribution >= 0.6 is 11.8 Å². The molecule has 3 N–H and O–H groups in total. The topological polar surface area (TPSA) is 60.7 Å². The molecule has 0 aromatic heterocycles. The monoisotopic (exact) mass is 446 g/mol. The van der Waals surface area contributed by atoms with Crippen molar-refractivity contribution in [2.75, 3.05) is 5.75 Å². The van der Waals surface area contributed by atoms with E-state index in [1.54, 1.807) is 5.57 Å². The van der Waals surface area contributed by atoms with Crippen molar-refractivity contribution in [2.24, 2.45) is 11.3 Å². The molecule has 0 bridgehead atoms. The van der Waals surface area contributed by atoms with E-state index in [2.05, 4.69) is 38.7 Å². The molecule has 3 aliphatic carbocycles. The molecule has 0 aliphatic heterocycles. The van der Waals surface area contributed by atoms with Crippen LogP contribution < -0.4 is 0 Å². The Bertz CT molecular complexity index is 757. The number of thioether (sulfide) groups is 1. The van der Waals surface area contributed by atoms with Crippen molar-refractivity contribution in [2.45, 2.75) is 102 Å². The van der Waals surface area contributed by atoms with Crippen LogP contribution in [-0.4, -0.2) is 44.1 Å². The number of hydrogen-bond acceptors (Lipinski definition) is 4. The number of hydrogen-bond donors (Lipinski definition) is 3. The molecule has 0 aromatic rings. The lowest BCUT2D eigenvalue weighted by Crippen LogP contribution is -2.33. The van der Waals surface area contributed by atoms with Gasteiger partial charge in [-0.3, -0.25) is 0 Å². The largest absolute Gasteiger partial charge is 0.393 e. The SMILES string of the molecule is C=C1C(=CC=C2CCC[C@]3(C)C([C@@H](C)SCCCC(C)(C)O)=CC[C@@H]23)C[C@@H](O)C[C@@H]1O. The molecule has 3 rings (SSSR count). The van der Waals surface area contributed by atoms with Gasteiger partial charge in [-0.1, -0.05) is 42.9 Å². The van der Waals surface area contributed by atoms with Gasteiger partial charge in [-0.2, -0.15) is 11.8 Å². The summed E-state index contributed by atoms with van der Waals surface area (Å²) in [5.74, 6) is 1.64. The Morgan fingerprint density at radius 3 is 2.77 bits per heavy atom. The fourth-order valence-corrected chi connectivity index (χ4v) is 7.01. The van der Waals surface area contributed by atoms with E-state index in [1.807, 2.05) is 25.6 Å². The molecule has 0 spiro atoms. The summed E-state index contributed by atoms with van der Waals surface area (Å²) in [4.78, 5) is 0. The average Bonchev–Trinajstić information content (AvgIpc) is 3.03. The van der Waals surface area contributed by atoms with Gasteiger partial charge in [-0.25, -0.2) is 0 Å². The van der Waals surface area contributed by atoms with Gasteiger partial charge in [0.25, 0.3) is 0 Å². The van der Waals surface area contributed by atoms with E-state index in [-0.39, 0.29) is 5.41 Å². The summed E-state index contributed by atoms with van der Waals surface area (Å²) in [6.07, 6.45) is 13.4. The zero-order chi connectivity index (χ0) is 22.8. The highest BCUT2D eigenvalue weighted by Gasteiger charge is 2.46. The highest BCUT2D eigenvalue weighted by molar-refractivity contribution is 8.00. The highest BCUT2D eigenvalue weighted by Crippen LogP contribution is 2.56. The van der Waals surface area contributed by atoms with Crippen molar-refractivity contribution in [3.63, 3.8) is 0 Å². The molecule has 174 valence electrons. The van der Waals surface area contributed by atoms with Gasteiger partial charge in [0.1, 0.15) is 0 Å². The van der Waals surface area contributed by atoms with Gasteiger partial charge in [0.05, 0.1) is 17.8 Å². The minimum Gasteiger partial charge on any atom is -0.393 e. The van der Waals surface area contributed by atoms with Crippen LogP contribution in [0.25, 0.3) is 0 Å². The minimum atomic E-state index is -0.626. The fourth-order valence-electron chi connectivity index (χ4n) is 5.80. The molecule has 0 aromatic carbocycles. The van der Waals surface area contributed by atoms with E-state index in [4.69, 9.17) is 0 Å². The Labute approximate surface area is 193 Å². The van der Waals surface area contributed by atoms with E-state index in [1.165, 1.54) is 18.4 Å². The summed E-state index contributed by atoms with van der Waals surface area (Å²) in [6.45, 7) is 12.6. The van der Waals surface area contributed by atoms with Gasteiger partial charge in [0, 0.05) is 11.7 Å². The van der Waals surface area contributed by atoms with Gasteiger partial charge in [0.15, 0.2) is 0 Å². The Morgan fingerprint density at radius 1 is 1.32 bits per heavy atom. The van der Waals surface area contributed by atoms with Crippen molar-refractivity contribution < 1.29 is 15.3 Å². The Balaban J connectivity index is 1.66. The molecule has 3 aliphatic rings. The number of aliphatic hydroxyl groups is 3. The molecule has 31 heavy (non-hydrogen) atoms. The van der Waals surface area contributed by atoms with E-state index in [9.17, 15) is 15.3 Å². The molecule has 0 amide bonds. The van der Waals surface area contributed by atoms with Gasteiger partial charge in [0.2, 0.25) is 0 Å². The predicted octanol–water partition coefficient (Wildman–Crippen LogP) is 5.72. The second-order valence-corrected chi connectivity index (χ2v) is 12.2. The zero-order valence-electron chi connectivity index (χ0n) is 19.9. The molecule has 3 nitrogen and oxygen atoms in total. The van der Waals surface area contributed by atoms with Crippen molar-refractivity contribution in [3.05, 3.63) is 47.1 Å². The third kappa shape index (κ3) is 5.96. The summed E-state index contributed by atoms with van der Waals surface area (Å²) in [6, 6.07) is 0. The molecule has 5 atom stereocenters. The maximum atomic E-state index is 10.1. The lowest BCUT2D eigenvalue weighted by Gasteiger charge is -2.42. The fraction of sp³-hybridized carbons (Fsp3) is 0.704. The molecule has 0 saturated heterocycles. The molecule has 2 saturated carbocycles. The van der Waals surface area contributed by atoms with Crippen LogP contribution in [0.2, 0.25) is 0 Å². The van der Waals surface area contributed by atoms with Gasteiger partial charge in [-0.05, 0) is 93.9 Å². The summed E-state index contributed by atoms with van der Waals surface area (Å²) < 4.78 is 0. The first-order valence-corrected chi connectivity index (χ1v) is 13.1. The third-order valence-electron chi connectivity index (χ3n) is 7.61. The van der Waals surface area contributed by atoms with Crippen LogP contribution in [0.3, 0.4) is 0 Å². The Morgan fingerprint density at radius 2 is 2.06 bits per heavy atom. The molecule has 4 heteroatoms. The first kappa shape index (κ1) is 24.8. The summed E-state index contributed by atoms with van der Waals surface area (Å²) in [5.41, 5.74) is 4.54. The van der Waals surface area contributed by atoms with Crippen LogP contribution in [0.15, 0.2) is 47.1 Å². The maximum Gasteiger partial charge on any atom is 0.0811 e. The van der Waals surface area contributed by atoms with Crippen LogP contribution in [0.4, 0.5) is 0 Å². The lowest BCUT2D eigenvalue weighted by atomic mass is 9.64. The lowest BCUT2D eigenvalue weighted by molar-refractivity contribution is 0.0706. The quantitative estimate of drug-likeness (QED) is 0.346. The van der Waals surface area contributed by atoms with E-state index >= 15 is 0 Å². The number of aliphatic hydroxyl groups excluding tert-OH is 2. The maximum absolute atomic E-state index is 10.1. The second-order valence-electron chi connectivity index (χ2n) is 10.7. The molecule has 0 heterocycles. The van der Waals surface area contributed by atoms with Crippen molar-refractivity contribution in [1.82, 2.24) is 0 Å². The molecule has 2 fully saturated rings. The van der Waals surface area contributed by atoms with Gasteiger partial charge < -0.3 is 15.3 Å². The second kappa shape index (κ2) is 9.99. The molecular weight excluding hydrogens is 404 g/mol. The van der Waals surface area contributed by atoms with Crippen molar-refractivity contribution >= 4 is 11.8 Å². The number of rotatable bonds is 7. The van der Waals surface area contributed by atoms with Crippen LogP contribution in [0, 0.1) is 11.3 Å². The van der Waals surface area contributed by atoms with E-state index in [0.29, 0.717) is 24.0 Å². The molecule has 0 unspecified atom stereocenters. The van der Waals surface area contributed by atoms with E-state index in [0.717, 1.165) is 42.6 Å². The smallest absolute Gasteiger partial charge is 0.0811 e. The van der Waals surface area contributed by atoms with Crippen molar-refractivity contribution in [3.8, 4) is 0 Å². The highest BCUT2D eigenvalue weighted by atomic mass is 32.2. The summed E-state index contributed by atoms with van der Waals surface area (Å²) in [5, 5.41) is 30.6. The summed E-state index contributed by atoms with van der Waals surface area (Å²) in [7, 11) is 0. The van der Waals surface area contributed by atoms with E-state index < -0.39 is 17.8 Å². The predicted molar refractivity (Wildman–Crippen MR) is 132 cm³/mol. The standard InChI is InChI=1S/C27H42O3S/c1-18-21(16-22(28)17-25(18)29)10-9-20-8-6-14-27(5)23(11-12-24(20)27)19(2)31-15-7-13-26(3,4)30/h9-11,19,22,24-25,28-30H,1,6-8,12-17H2,2-5H3/t19-,22-,24+,25+,27-/m1/s1. The summed E-state index contributed by atoms with van der Waals surface area (Å²) >= 11 is 2.03. The van der Waals surface area contributed by atoms with Crippen LogP contribution in [-0.2, 0) is 0 Å². The first-order chi connectivity index (χ1) is 14.5. The Kier molecular flexibility index (Phi) is 8.00. The van der Waals surface area contributed by atoms with Crippen LogP contribution in [0.5, 0.6) is 0 Å². The first-order valence-electron chi connectivity index (χ1n) is 12.0. The van der Waals surface area contributed by atoms with Gasteiger partial charge in [-0.15, -0.1) is 0 Å². The van der Waals surface area contributed by atoms with Crippen molar-refractivity contribution in [1.29, 1.82) is 0 Å². The number of allylic oxidation sites excluding steroid dienone is 4. The third-order valence-corrected chi connectivity index (χ3v) is 8.89. The number of fused-ring (bicyclic) bond motifs is 1. The molecule has 0 radical (unpaired) electrons. The minimum absolute atomic E-state index is 0.230. The normalized spacial score (nSPS) is 35.4. The van der Waals surface area contributed by atoms with Crippen LogP contribution in [0.1, 0.15) is 79.1 Å². The molecular formula is C27H42O3S.